The second kappa shape index (κ2) is 4.51. The van der Waals surface area contributed by atoms with E-state index in [4.69, 9.17) is 9.47 Å². The molecule has 3 rings (SSSR count). The monoisotopic (exact) mass is 255 g/mol. The van der Waals surface area contributed by atoms with Gasteiger partial charge in [-0.1, -0.05) is 6.92 Å². The van der Waals surface area contributed by atoms with E-state index in [2.05, 4.69) is 21.2 Å². The summed E-state index contributed by atoms with van der Waals surface area (Å²) in [7, 11) is 0. The molecule has 94 valence electrons. The van der Waals surface area contributed by atoms with Crippen molar-refractivity contribution in [1.82, 2.24) is 9.36 Å². The fourth-order valence-corrected chi connectivity index (χ4v) is 3.14. The van der Waals surface area contributed by atoms with Gasteiger partial charge in [-0.05, 0) is 0 Å². The van der Waals surface area contributed by atoms with Crippen molar-refractivity contribution in [3.05, 3.63) is 5.82 Å². The molecule has 0 aromatic carbocycles. The summed E-state index contributed by atoms with van der Waals surface area (Å²) in [6, 6.07) is 0. The highest BCUT2D eigenvalue weighted by Crippen LogP contribution is 2.33. The fraction of sp³-hybridized carbons (Fsp3) is 0.818. The maximum absolute atomic E-state index is 5.71. The van der Waals surface area contributed by atoms with Gasteiger partial charge in [-0.15, -0.1) is 0 Å². The Kier molecular flexibility index (Phi) is 3.02. The third kappa shape index (κ3) is 2.17. The number of ether oxygens (including phenoxy) is 2. The lowest BCUT2D eigenvalue weighted by Gasteiger charge is -2.37. The van der Waals surface area contributed by atoms with Gasteiger partial charge in [0.25, 0.3) is 0 Å². The second-order valence-corrected chi connectivity index (χ2v) is 5.17. The Hall–Kier alpha value is -0.720. The number of nitrogens with zero attached hydrogens (tertiary/aromatic N) is 3. The molecule has 2 aliphatic rings. The SMILES string of the molecule is CCc1nsc(N2CCC3(CC2)OCCO3)n1. The number of aromatic nitrogens is 2. The average molecular weight is 255 g/mol. The number of rotatable bonds is 2. The summed E-state index contributed by atoms with van der Waals surface area (Å²) < 4.78 is 15.7. The normalized spacial score (nSPS) is 23.5. The topological polar surface area (TPSA) is 47.5 Å². The molecule has 1 aromatic heterocycles. The first-order valence-corrected chi connectivity index (χ1v) is 6.94. The fourth-order valence-electron chi connectivity index (χ4n) is 2.34. The summed E-state index contributed by atoms with van der Waals surface area (Å²) in [6.07, 6.45) is 2.75. The molecule has 6 heteroatoms. The lowest BCUT2D eigenvalue weighted by molar-refractivity contribution is -0.169. The molecule has 0 bridgehead atoms. The Morgan fingerprint density at radius 2 is 2.00 bits per heavy atom. The van der Waals surface area contributed by atoms with Crippen molar-refractivity contribution in [3.8, 4) is 0 Å². The van der Waals surface area contributed by atoms with Gasteiger partial charge in [0.2, 0.25) is 5.13 Å². The molecule has 2 saturated heterocycles. The first kappa shape index (κ1) is 11.4. The second-order valence-electron chi connectivity index (χ2n) is 4.44. The van der Waals surface area contributed by atoms with E-state index in [0.717, 1.165) is 56.5 Å². The van der Waals surface area contributed by atoms with Gasteiger partial charge in [-0.25, -0.2) is 4.98 Å². The van der Waals surface area contributed by atoms with E-state index >= 15 is 0 Å². The summed E-state index contributed by atoms with van der Waals surface area (Å²) in [6.45, 7) is 5.44. The lowest BCUT2D eigenvalue weighted by Crippen LogP contribution is -2.45. The van der Waals surface area contributed by atoms with Crippen molar-refractivity contribution in [3.63, 3.8) is 0 Å². The Bertz CT molecular complexity index is 380. The molecule has 0 N–H and O–H groups in total. The maximum Gasteiger partial charge on any atom is 0.205 e. The van der Waals surface area contributed by atoms with E-state index in [1.54, 1.807) is 0 Å². The van der Waals surface area contributed by atoms with E-state index in [1.807, 2.05) is 0 Å². The number of anilines is 1. The summed E-state index contributed by atoms with van der Waals surface area (Å²) in [5.41, 5.74) is 0. The molecule has 0 aliphatic carbocycles. The molecule has 0 saturated carbocycles. The zero-order chi connectivity index (χ0) is 11.7. The molecule has 0 amide bonds. The predicted octanol–water partition coefficient (Wildman–Crippen LogP) is 1.44. The molecule has 2 fully saturated rings. The van der Waals surface area contributed by atoms with Crippen LogP contribution in [0.15, 0.2) is 0 Å². The molecule has 3 heterocycles. The van der Waals surface area contributed by atoms with Crippen LogP contribution >= 0.6 is 11.5 Å². The van der Waals surface area contributed by atoms with E-state index in [-0.39, 0.29) is 5.79 Å². The highest BCUT2D eigenvalue weighted by Gasteiger charge is 2.40. The minimum Gasteiger partial charge on any atom is -0.347 e. The first-order chi connectivity index (χ1) is 8.31. The Labute approximate surface area is 105 Å². The Balaban J connectivity index is 1.64. The highest BCUT2D eigenvalue weighted by molar-refractivity contribution is 7.09. The number of aryl methyl sites for hydroxylation is 1. The van der Waals surface area contributed by atoms with Crippen molar-refractivity contribution < 1.29 is 9.47 Å². The summed E-state index contributed by atoms with van der Waals surface area (Å²) in [4.78, 5) is 6.80. The molecule has 1 aromatic rings. The number of hydrogen-bond donors (Lipinski definition) is 0. The van der Waals surface area contributed by atoms with Gasteiger partial charge in [0, 0.05) is 43.9 Å². The van der Waals surface area contributed by atoms with Gasteiger partial charge in [-0.2, -0.15) is 4.37 Å². The van der Waals surface area contributed by atoms with Crippen LogP contribution in [-0.2, 0) is 15.9 Å². The molecule has 0 radical (unpaired) electrons. The van der Waals surface area contributed by atoms with Gasteiger partial charge in [0.15, 0.2) is 5.79 Å². The molecular weight excluding hydrogens is 238 g/mol. The van der Waals surface area contributed by atoms with Crippen molar-refractivity contribution in [1.29, 1.82) is 0 Å². The van der Waals surface area contributed by atoms with Gasteiger partial charge in [0.05, 0.1) is 13.2 Å². The molecule has 17 heavy (non-hydrogen) atoms. The van der Waals surface area contributed by atoms with Crippen molar-refractivity contribution in [2.75, 3.05) is 31.2 Å². The van der Waals surface area contributed by atoms with E-state index in [1.165, 1.54) is 11.5 Å². The van der Waals surface area contributed by atoms with Crippen molar-refractivity contribution in [2.24, 2.45) is 0 Å². The van der Waals surface area contributed by atoms with Crippen molar-refractivity contribution >= 4 is 16.7 Å². The van der Waals surface area contributed by atoms with Crippen LogP contribution in [0.5, 0.6) is 0 Å². The molecule has 2 aliphatic heterocycles. The largest absolute Gasteiger partial charge is 0.347 e. The zero-order valence-electron chi connectivity index (χ0n) is 10.0. The van der Waals surface area contributed by atoms with Crippen LogP contribution in [0.4, 0.5) is 5.13 Å². The molecular formula is C11H17N3O2S. The van der Waals surface area contributed by atoms with Gasteiger partial charge < -0.3 is 14.4 Å². The third-order valence-electron chi connectivity index (χ3n) is 3.38. The number of hydrogen-bond acceptors (Lipinski definition) is 6. The van der Waals surface area contributed by atoms with Crippen LogP contribution in [0, 0.1) is 0 Å². The van der Waals surface area contributed by atoms with Crippen LogP contribution in [-0.4, -0.2) is 41.4 Å². The Morgan fingerprint density at radius 3 is 2.59 bits per heavy atom. The van der Waals surface area contributed by atoms with Crippen LogP contribution in [0.2, 0.25) is 0 Å². The smallest absolute Gasteiger partial charge is 0.205 e. The summed E-state index contributed by atoms with van der Waals surface area (Å²) in [5.74, 6) is 0.646. The quantitative estimate of drug-likeness (QED) is 0.800. The van der Waals surface area contributed by atoms with Crippen LogP contribution in [0.1, 0.15) is 25.6 Å². The average Bonchev–Trinajstić information content (AvgIpc) is 3.00. The minimum atomic E-state index is -0.297. The molecule has 0 atom stereocenters. The maximum atomic E-state index is 5.71. The van der Waals surface area contributed by atoms with Crippen molar-refractivity contribution in [2.45, 2.75) is 32.0 Å². The zero-order valence-corrected chi connectivity index (χ0v) is 10.8. The van der Waals surface area contributed by atoms with E-state index in [0.29, 0.717) is 0 Å². The number of piperidine rings is 1. The molecule has 1 spiro atoms. The predicted molar refractivity (Wildman–Crippen MR) is 65.4 cm³/mol. The lowest BCUT2D eigenvalue weighted by atomic mass is 10.0. The van der Waals surface area contributed by atoms with Gasteiger partial charge in [0.1, 0.15) is 5.82 Å². The van der Waals surface area contributed by atoms with Crippen LogP contribution < -0.4 is 4.90 Å². The third-order valence-corrected chi connectivity index (χ3v) is 4.20. The minimum absolute atomic E-state index is 0.297. The van der Waals surface area contributed by atoms with Gasteiger partial charge >= 0.3 is 0 Å². The first-order valence-electron chi connectivity index (χ1n) is 6.17. The Morgan fingerprint density at radius 1 is 1.29 bits per heavy atom. The van der Waals surface area contributed by atoms with E-state index < -0.39 is 0 Å². The summed E-state index contributed by atoms with van der Waals surface area (Å²) in [5, 5.41) is 1.04. The van der Waals surface area contributed by atoms with E-state index in [9.17, 15) is 0 Å². The standard InChI is InChI=1S/C11H17N3O2S/c1-2-9-12-10(17-13-9)14-5-3-11(4-6-14)15-7-8-16-11/h2-8H2,1H3. The molecule has 5 nitrogen and oxygen atoms in total. The van der Waals surface area contributed by atoms with Crippen LogP contribution in [0.25, 0.3) is 0 Å². The highest BCUT2D eigenvalue weighted by atomic mass is 32.1. The van der Waals surface area contributed by atoms with Crippen LogP contribution in [0.3, 0.4) is 0 Å². The summed E-state index contributed by atoms with van der Waals surface area (Å²) >= 11 is 1.49. The van der Waals surface area contributed by atoms with Gasteiger partial charge in [-0.3, -0.25) is 0 Å². The molecule has 0 unspecified atom stereocenters.